The number of methoxy groups -OCH3 is 1. The molecule has 1 atom stereocenters. The van der Waals surface area contributed by atoms with Crippen LogP contribution in [0.15, 0.2) is 73.1 Å². The van der Waals surface area contributed by atoms with Gasteiger partial charge in [-0.05, 0) is 34.9 Å². The van der Waals surface area contributed by atoms with E-state index in [0.29, 0.717) is 6.42 Å². The summed E-state index contributed by atoms with van der Waals surface area (Å²) in [4.78, 5) is 12.2. The van der Waals surface area contributed by atoms with Gasteiger partial charge in [-0.15, -0.1) is 0 Å². The minimum Gasteiger partial charge on any atom is -0.508 e. The Hall–Kier alpha value is -3.01. The van der Waals surface area contributed by atoms with Crippen molar-refractivity contribution in [3.8, 4) is 16.9 Å². The zero-order valence-corrected chi connectivity index (χ0v) is 13.4. The Kier molecular flexibility index (Phi) is 4.66. The maximum absolute atomic E-state index is 12.2. The first-order valence-electron chi connectivity index (χ1n) is 7.76. The summed E-state index contributed by atoms with van der Waals surface area (Å²) in [5.41, 5.74) is 3.11. The first kappa shape index (κ1) is 15.9. The first-order chi connectivity index (χ1) is 11.7. The van der Waals surface area contributed by atoms with Gasteiger partial charge in [0.15, 0.2) is 0 Å². The Labute approximate surface area is 140 Å². The molecule has 0 aliphatic carbocycles. The molecule has 1 unspecified atom stereocenters. The molecule has 3 rings (SSSR count). The largest absolute Gasteiger partial charge is 0.508 e. The third kappa shape index (κ3) is 3.49. The molecule has 3 aromatic rings. The zero-order chi connectivity index (χ0) is 16.9. The normalized spacial score (nSPS) is 11.9. The van der Waals surface area contributed by atoms with Crippen LogP contribution in [0.5, 0.6) is 5.75 Å². The van der Waals surface area contributed by atoms with E-state index in [1.54, 1.807) is 12.1 Å². The fraction of sp³-hybridized carbons (Fsp3) is 0.150. The third-order valence-corrected chi connectivity index (χ3v) is 4.02. The number of carbonyl (C=O) groups excluding carboxylic acids is 1. The van der Waals surface area contributed by atoms with Crippen molar-refractivity contribution in [2.75, 3.05) is 7.11 Å². The number of hydrogen-bond donors (Lipinski definition) is 1. The van der Waals surface area contributed by atoms with Crippen molar-refractivity contribution in [2.24, 2.45) is 0 Å². The van der Waals surface area contributed by atoms with Gasteiger partial charge in [-0.1, -0.05) is 42.5 Å². The zero-order valence-electron chi connectivity index (χ0n) is 13.4. The average molecular weight is 321 g/mol. The highest BCUT2D eigenvalue weighted by molar-refractivity contribution is 5.75. The molecule has 0 amide bonds. The third-order valence-electron chi connectivity index (χ3n) is 4.02. The summed E-state index contributed by atoms with van der Waals surface area (Å²) < 4.78 is 6.84. The van der Waals surface area contributed by atoms with Gasteiger partial charge in [0.05, 0.1) is 7.11 Å². The van der Waals surface area contributed by atoms with E-state index in [0.717, 1.165) is 16.7 Å². The van der Waals surface area contributed by atoms with Gasteiger partial charge in [-0.3, -0.25) is 0 Å². The number of esters is 1. The van der Waals surface area contributed by atoms with E-state index < -0.39 is 6.04 Å². The van der Waals surface area contributed by atoms with Crippen LogP contribution in [0.1, 0.15) is 11.6 Å². The Morgan fingerprint density at radius 2 is 1.75 bits per heavy atom. The van der Waals surface area contributed by atoms with Crippen molar-refractivity contribution in [2.45, 2.75) is 12.5 Å². The minimum absolute atomic E-state index is 0.209. The molecule has 24 heavy (non-hydrogen) atoms. The van der Waals surface area contributed by atoms with Crippen molar-refractivity contribution in [3.63, 3.8) is 0 Å². The van der Waals surface area contributed by atoms with E-state index in [-0.39, 0.29) is 11.7 Å². The number of phenolic OH excluding ortho intramolecular Hbond substituents is 1. The van der Waals surface area contributed by atoms with Crippen LogP contribution >= 0.6 is 0 Å². The fourth-order valence-corrected chi connectivity index (χ4v) is 2.71. The molecular weight excluding hydrogens is 302 g/mol. The van der Waals surface area contributed by atoms with Crippen LogP contribution in [0.25, 0.3) is 11.1 Å². The van der Waals surface area contributed by atoms with Gasteiger partial charge in [0, 0.05) is 18.8 Å². The second kappa shape index (κ2) is 7.04. The summed E-state index contributed by atoms with van der Waals surface area (Å²) in [5.74, 6) is -0.0843. The molecule has 1 aromatic heterocycles. The summed E-state index contributed by atoms with van der Waals surface area (Å²) in [6.45, 7) is 0. The molecule has 0 aliphatic heterocycles. The molecule has 0 spiro atoms. The van der Waals surface area contributed by atoms with Crippen LogP contribution in [0.4, 0.5) is 0 Å². The van der Waals surface area contributed by atoms with Crippen molar-refractivity contribution in [1.29, 1.82) is 0 Å². The molecule has 0 bridgehead atoms. The predicted octanol–water partition coefficient (Wildman–Crippen LogP) is 3.82. The van der Waals surface area contributed by atoms with Gasteiger partial charge in [0.1, 0.15) is 11.8 Å². The van der Waals surface area contributed by atoms with Crippen molar-refractivity contribution >= 4 is 5.97 Å². The van der Waals surface area contributed by atoms with Gasteiger partial charge < -0.3 is 14.4 Å². The van der Waals surface area contributed by atoms with E-state index in [1.165, 1.54) is 7.11 Å². The Balaban J connectivity index is 1.88. The number of nitrogens with zero attached hydrogens (tertiary/aromatic N) is 1. The second-order valence-electron chi connectivity index (χ2n) is 5.62. The van der Waals surface area contributed by atoms with Gasteiger partial charge in [-0.2, -0.15) is 0 Å². The number of hydrogen-bond acceptors (Lipinski definition) is 3. The number of rotatable bonds is 5. The summed E-state index contributed by atoms with van der Waals surface area (Å²) >= 11 is 0. The van der Waals surface area contributed by atoms with Crippen LogP contribution in [0.2, 0.25) is 0 Å². The number of carbonyl (C=O) groups is 1. The van der Waals surface area contributed by atoms with Crippen LogP contribution in [0, 0.1) is 0 Å². The lowest BCUT2D eigenvalue weighted by Crippen LogP contribution is -2.22. The molecule has 1 N–H and O–H groups in total. The van der Waals surface area contributed by atoms with E-state index in [2.05, 4.69) is 0 Å². The second-order valence-corrected chi connectivity index (χ2v) is 5.62. The minimum atomic E-state index is -0.447. The Bertz CT molecular complexity index is 806. The predicted molar refractivity (Wildman–Crippen MR) is 92.7 cm³/mol. The lowest BCUT2D eigenvalue weighted by Gasteiger charge is -2.16. The van der Waals surface area contributed by atoms with Gasteiger partial charge in [0.25, 0.3) is 0 Å². The van der Waals surface area contributed by atoms with Crippen LogP contribution < -0.4 is 0 Å². The van der Waals surface area contributed by atoms with E-state index in [1.807, 2.05) is 65.5 Å². The molecule has 122 valence electrons. The van der Waals surface area contributed by atoms with E-state index in [9.17, 15) is 9.90 Å². The average Bonchev–Trinajstić information content (AvgIpc) is 3.11. The van der Waals surface area contributed by atoms with Crippen LogP contribution in [-0.2, 0) is 16.0 Å². The first-order valence-corrected chi connectivity index (χ1v) is 7.76. The van der Waals surface area contributed by atoms with Crippen LogP contribution in [-0.4, -0.2) is 22.8 Å². The van der Waals surface area contributed by atoms with Gasteiger partial charge in [-0.25, -0.2) is 4.79 Å². The quantitative estimate of drug-likeness (QED) is 0.727. The van der Waals surface area contributed by atoms with E-state index in [4.69, 9.17) is 4.74 Å². The molecule has 0 fully saturated rings. The Morgan fingerprint density at radius 1 is 1.04 bits per heavy atom. The molecule has 0 radical (unpaired) electrons. The van der Waals surface area contributed by atoms with Gasteiger partial charge in [0.2, 0.25) is 0 Å². The monoisotopic (exact) mass is 321 g/mol. The highest BCUT2D eigenvalue weighted by atomic mass is 16.5. The standard InChI is InChI=1S/C20H19NO3/c1-24-20(23)19(13-15-7-9-18(22)10-8-15)21-12-11-17(14-21)16-5-3-2-4-6-16/h2-12,14,19,22H,13H2,1H3. The molecule has 4 heteroatoms. The van der Waals surface area contributed by atoms with Gasteiger partial charge >= 0.3 is 5.97 Å². The van der Waals surface area contributed by atoms with Crippen LogP contribution in [0.3, 0.4) is 0 Å². The fourth-order valence-electron chi connectivity index (χ4n) is 2.71. The topological polar surface area (TPSA) is 51.5 Å². The molecule has 0 saturated heterocycles. The maximum atomic E-state index is 12.2. The molecule has 1 heterocycles. The molecule has 4 nitrogen and oxygen atoms in total. The summed E-state index contributed by atoms with van der Waals surface area (Å²) in [7, 11) is 1.40. The molecule has 2 aromatic carbocycles. The number of ether oxygens (including phenoxy) is 1. The number of aromatic nitrogens is 1. The smallest absolute Gasteiger partial charge is 0.329 e. The summed E-state index contributed by atoms with van der Waals surface area (Å²) in [6.07, 6.45) is 4.34. The molecular formula is C20H19NO3. The number of phenols is 1. The maximum Gasteiger partial charge on any atom is 0.329 e. The highest BCUT2D eigenvalue weighted by Gasteiger charge is 2.21. The van der Waals surface area contributed by atoms with Crippen molar-refractivity contribution in [1.82, 2.24) is 4.57 Å². The summed E-state index contributed by atoms with van der Waals surface area (Å²) in [5, 5.41) is 9.40. The molecule has 0 aliphatic rings. The Morgan fingerprint density at radius 3 is 2.42 bits per heavy atom. The lowest BCUT2D eigenvalue weighted by molar-refractivity contribution is -0.144. The number of benzene rings is 2. The number of aromatic hydroxyl groups is 1. The van der Waals surface area contributed by atoms with Crippen molar-refractivity contribution < 1.29 is 14.6 Å². The lowest BCUT2D eigenvalue weighted by atomic mass is 10.1. The molecule has 0 saturated carbocycles. The summed E-state index contributed by atoms with van der Waals surface area (Å²) in [6, 6.07) is 18.4. The highest BCUT2D eigenvalue weighted by Crippen LogP contribution is 2.24. The van der Waals surface area contributed by atoms with E-state index >= 15 is 0 Å². The SMILES string of the molecule is COC(=O)C(Cc1ccc(O)cc1)n1ccc(-c2ccccc2)c1. The van der Waals surface area contributed by atoms with Crippen molar-refractivity contribution in [3.05, 3.63) is 78.6 Å².